The van der Waals surface area contributed by atoms with Crippen LogP contribution in [0.1, 0.15) is 113 Å². The molecule has 0 amide bonds. The zero-order chi connectivity index (χ0) is 28.5. The number of carbonyl (C=O) groups is 3. The number of ketones is 3. The molecule has 212 valence electrons. The second-order valence-corrected chi connectivity index (χ2v) is 11.6. The first-order valence-corrected chi connectivity index (χ1v) is 15.1. The Morgan fingerprint density at radius 3 is 2.41 bits per heavy atom. The Kier molecular flexibility index (Phi) is 11.5. The Morgan fingerprint density at radius 1 is 1.00 bits per heavy atom. The van der Waals surface area contributed by atoms with Crippen LogP contribution in [-0.4, -0.2) is 24.5 Å². The Morgan fingerprint density at radius 2 is 1.77 bits per heavy atom. The van der Waals surface area contributed by atoms with Crippen LogP contribution in [0.3, 0.4) is 0 Å². The second-order valence-electron chi connectivity index (χ2n) is 11.6. The Balaban J connectivity index is 1.98. The molecule has 0 radical (unpaired) electrons. The van der Waals surface area contributed by atoms with Gasteiger partial charge in [-0.3, -0.25) is 14.4 Å². The van der Waals surface area contributed by atoms with Crippen LogP contribution in [0.15, 0.2) is 30.3 Å². The molecule has 1 aliphatic carbocycles. The maximum absolute atomic E-state index is 13.6. The maximum Gasteiger partial charge on any atom is 0.163 e. The summed E-state index contributed by atoms with van der Waals surface area (Å²) in [6.45, 7) is 9.95. The molecule has 2 aromatic rings. The quantitative estimate of drug-likeness (QED) is 0.170. The summed E-state index contributed by atoms with van der Waals surface area (Å²) in [7, 11) is 1.71. The number of hydrogen-bond donors (Lipinski definition) is 0. The zero-order valence-corrected chi connectivity index (χ0v) is 25.0. The van der Waals surface area contributed by atoms with E-state index >= 15 is 0 Å². The molecule has 2 aromatic carbocycles. The molecule has 0 spiro atoms. The molecule has 0 heterocycles. The largest absolute Gasteiger partial charge is 0.496 e. The van der Waals surface area contributed by atoms with Crippen LogP contribution in [0.5, 0.6) is 5.75 Å². The number of fused-ring (bicyclic) bond motifs is 1. The van der Waals surface area contributed by atoms with E-state index in [1.165, 1.54) is 25.3 Å². The molecule has 3 atom stereocenters. The van der Waals surface area contributed by atoms with E-state index in [1.807, 2.05) is 13.8 Å². The normalized spacial score (nSPS) is 16.5. The summed E-state index contributed by atoms with van der Waals surface area (Å²) in [6, 6.07) is 10.7. The first-order chi connectivity index (χ1) is 18.7. The van der Waals surface area contributed by atoms with Crippen LogP contribution in [0.2, 0.25) is 0 Å². The number of hydrogen-bond acceptors (Lipinski definition) is 4. The predicted molar refractivity (Wildman–Crippen MR) is 160 cm³/mol. The van der Waals surface area contributed by atoms with Crippen molar-refractivity contribution < 1.29 is 19.1 Å². The summed E-state index contributed by atoms with van der Waals surface area (Å²) in [6.07, 6.45) is 9.45. The van der Waals surface area contributed by atoms with Crippen LogP contribution in [0.25, 0.3) is 11.1 Å². The molecule has 0 saturated carbocycles. The Labute approximate surface area is 235 Å². The smallest absolute Gasteiger partial charge is 0.163 e. The zero-order valence-electron chi connectivity index (χ0n) is 25.0. The summed E-state index contributed by atoms with van der Waals surface area (Å²) in [5, 5.41) is 0. The Hall–Kier alpha value is -2.75. The average molecular weight is 533 g/mol. The molecule has 0 saturated heterocycles. The third-order valence-electron chi connectivity index (χ3n) is 8.53. The lowest BCUT2D eigenvalue weighted by Crippen LogP contribution is -2.30. The van der Waals surface area contributed by atoms with E-state index < -0.39 is 0 Å². The van der Waals surface area contributed by atoms with Crippen molar-refractivity contribution in [2.24, 2.45) is 17.8 Å². The van der Waals surface area contributed by atoms with Crippen LogP contribution < -0.4 is 4.74 Å². The van der Waals surface area contributed by atoms with Gasteiger partial charge in [0.05, 0.1) is 13.5 Å². The van der Waals surface area contributed by atoms with Crippen molar-refractivity contribution in [3.05, 3.63) is 52.6 Å². The number of methoxy groups -OCH3 is 1. The van der Waals surface area contributed by atoms with Crippen LogP contribution >= 0.6 is 0 Å². The minimum Gasteiger partial charge on any atom is -0.496 e. The summed E-state index contributed by atoms with van der Waals surface area (Å²) in [5.74, 6) is 1.28. The Bertz CT molecular complexity index is 1160. The van der Waals surface area contributed by atoms with Gasteiger partial charge < -0.3 is 4.74 Å². The van der Waals surface area contributed by atoms with Crippen molar-refractivity contribution in [3.8, 4) is 16.9 Å². The summed E-state index contributed by atoms with van der Waals surface area (Å²) < 4.78 is 5.81. The fraction of sp³-hybridized carbons (Fsp3) is 0.571. The molecule has 0 bridgehead atoms. The maximum atomic E-state index is 13.6. The number of unbranched alkanes of at least 4 members (excludes halogenated alkanes) is 2. The fourth-order valence-corrected chi connectivity index (χ4v) is 6.69. The van der Waals surface area contributed by atoms with Crippen LogP contribution in [0.4, 0.5) is 0 Å². The lowest BCUT2D eigenvalue weighted by molar-refractivity contribution is -0.129. The van der Waals surface area contributed by atoms with Gasteiger partial charge in [0.2, 0.25) is 0 Å². The molecule has 3 rings (SSSR count). The van der Waals surface area contributed by atoms with E-state index in [4.69, 9.17) is 4.74 Å². The molecule has 4 heteroatoms. The molecule has 4 nitrogen and oxygen atoms in total. The van der Waals surface area contributed by atoms with Crippen molar-refractivity contribution in [3.63, 3.8) is 0 Å². The minimum atomic E-state index is -0.123. The van der Waals surface area contributed by atoms with Gasteiger partial charge in [0, 0.05) is 23.5 Å². The van der Waals surface area contributed by atoms with Gasteiger partial charge in [-0.2, -0.15) is 0 Å². The highest BCUT2D eigenvalue weighted by molar-refractivity contribution is 6.02. The third kappa shape index (κ3) is 7.68. The van der Waals surface area contributed by atoms with E-state index in [9.17, 15) is 14.4 Å². The van der Waals surface area contributed by atoms with Crippen molar-refractivity contribution >= 4 is 17.3 Å². The highest BCUT2D eigenvalue weighted by Crippen LogP contribution is 2.42. The van der Waals surface area contributed by atoms with E-state index in [2.05, 4.69) is 44.2 Å². The van der Waals surface area contributed by atoms with Gasteiger partial charge in [-0.25, -0.2) is 0 Å². The average Bonchev–Trinajstić information content (AvgIpc) is 2.89. The van der Waals surface area contributed by atoms with E-state index in [0.29, 0.717) is 6.42 Å². The van der Waals surface area contributed by atoms with Gasteiger partial charge in [-0.1, -0.05) is 64.7 Å². The van der Waals surface area contributed by atoms with Gasteiger partial charge in [-0.05, 0) is 92.2 Å². The van der Waals surface area contributed by atoms with Crippen LogP contribution in [0, 0.1) is 24.7 Å². The lowest BCUT2D eigenvalue weighted by atomic mass is 9.71. The molecule has 0 aliphatic heterocycles. The molecule has 39 heavy (non-hydrogen) atoms. The second kappa shape index (κ2) is 14.6. The number of Topliss-reactive ketones (excluding diaryl/α,β-unsaturated/α-hetero) is 3. The summed E-state index contributed by atoms with van der Waals surface area (Å²) >= 11 is 0. The molecule has 0 fully saturated rings. The van der Waals surface area contributed by atoms with Gasteiger partial charge in [0.15, 0.2) is 5.78 Å². The topological polar surface area (TPSA) is 60.4 Å². The molecular weight excluding hydrogens is 484 g/mol. The van der Waals surface area contributed by atoms with Gasteiger partial charge in [-0.15, -0.1) is 0 Å². The van der Waals surface area contributed by atoms with Gasteiger partial charge in [0.1, 0.15) is 17.3 Å². The number of aryl methyl sites for hydroxylation is 2. The third-order valence-corrected chi connectivity index (χ3v) is 8.53. The first kappa shape index (κ1) is 30.8. The summed E-state index contributed by atoms with van der Waals surface area (Å²) in [5.41, 5.74) is 6.47. The number of ether oxygens (including phenoxy) is 1. The highest BCUT2D eigenvalue weighted by atomic mass is 16.5. The van der Waals surface area contributed by atoms with Gasteiger partial charge in [0.25, 0.3) is 0 Å². The standard InChI is InChI=1S/C35H48O4/c1-7-10-11-13-25-15-17-34(39-6)30(20-25)29-16-14-23(4)35-31(29)21-26(22-33(35)38)19-27(12-8-2)28(9-3)32(37)18-24(5)36/h14-17,20,26-28H,7-13,18-19,21-22H2,1-6H3. The van der Waals surface area contributed by atoms with E-state index in [1.54, 1.807) is 7.11 Å². The van der Waals surface area contributed by atoms with Crippen LogP contribution in [-0.2, 0) is 22.4 Å². The van der Waals surface area contributed by atoms with Crippen molar-refractivity contribution in [2.75, 3.05) is 7.11 Å². The van der Waals surface area contributed by atoms with Crippen molar-refractivity contribution in [2.45, 2.75) is 105 Å². The minimum absolute atomic E-state index is 0.0168. The van der Waals surface area contributed by atoms with Gasteiger partial charge >= 0.3 is 0 Å². The molecule has 0 N–H and O–H groups in total. The number of rotatable bonds is 15. The molecule has 3 unspecified atom stereocenters. The summed E-state index contributed by atoms with van der Waals surface area (Å²) in [4.78, 5) is 38.3. The monoisotopic (exact) mass is 532 g/mol. The molecule has 0 aromatic heterocycles. The predicted octanol–water partition coefficient (Wildman–Crippen LogP) is 8.53. The molecule has 1 aliphatic rings. The SMILES string of the molecule is CCCCCc1ccc(OC)c(-c2ccc(C)c3c2CC(CC(CCC)C(CC)C(=O)CC(C)=O)CC3=O)c1. The fourth-order valence-electron chi connectivity index (χ4n) is 6.69. The van der Waals surface area contributed by atoms with Crippen molar-refractivity contribution in [1.82, 2.24) is 0 Å². The molecular formula is C35H48O4. The first-order valence-electron chi connectivity index (χ1n) is 15.1. The number of benzene rings is 2. The van der Waals surface area contributed by atoms with Crippen molar-refractivity contribution in [1.29, 1.82) is 0 Å². The van der Waals surface area contributed by atoms with E-state index in [-0.39, 0.29) is 41.5 Å². The van der Waals surface area contributed by atoms with E-state index in [0.717, 1.165) is 78.5 Å². The highest BCUT2D eigenvalue weighted by Gasteiger charge is 2.34. The number of carbonyl (C=O) groups excluding carboxylic acids is 3. The lowest BCUT2D eigenvalue weighted by Gasteiger charge is -2.32.